The average Bonchev–Trinajstić information content (AvgIpc) is 2.75. The Hall–Kier alpha value is -1.04. The number of phenols is 1. The Kier molecular flexibility index (Phi) is 4.27. The Morgan fingerprint density at radius 3 is 2.83 bits per heavy atom. The lowest BCUT2D eigenvalue weighted by Gasteiger charge is -2.06. The van der Waals surface area contributed by atoms with E-state index < -0.39 is 0 Å². The fraction of sp³-hybridized carbons (Fsp3) is 0.0833. The summed E-state index contributed by atoms with van der Waals surface area (Å²) in [5.74, 6) is -0.288. The second-order valence-corrected chi connectivity index (χ2v) is 6.51. The maximum Gasteiger partial charge on any atom is 0.253 e. The van der Waals surface area contributed by atoms with Crippen molar-refractivity contribution in [1.82, 2.24) is 5.32 Å². The molecule has 0 saturated carbocycles. The van der Waals surface area contributed by atoms with Gasteiger partial charge in [-0.2, -0.15) is 0 Å². The molecule has 0 radical (unpaired) electrons. The van der Waals surface area contributed by atoms with Crippen molar-refractivity contribution >= 4 is 44.8 Å². The molecule has 0 aliphatic carbocycles. The van der Waals surface area contributed by atoms with Crippen LogP contribution in [-0.4, -0.2) is 11.0 Å². The van der Waals surface area contributed by atoms with Crippen molar-refractivity contribution in [2.75, 3.05) is 0 Å². The van der Waals surface area contributed by atoms with Crippen LogP contribution >= 0.6 is 38.9 Å². The van der Waals surface area contributed by atoms with Gasteiger partial charge >= 0.3 is 0 Å². The van der Waals surface area contributed by atoms with Crippen molar-refractivity contribution in [2.45, 2.75) is 6.54 Å². The van der Waals surface area contributed by atoms with Crippen molar-refractivity contribution in [3.05, 3.63) is 49.6 Å². The SMILES string of the molecule is O=C(NCc1ccc(Br)s1)c1cc(O)ccc1Cl. The second kappa shape index (κ2) is 5.73. The van der Waals surface area contributed by atoms with E-state index in [1.165, 1.54) is 18.2 Å². The van der Waals surface area contributed by atoms with Crippen LogP contribution < -0.4 is 5.32 Å². The third kappa shape index (κ3) is 3.25. The number of hydrogen-bond acceptors (Lipinski definition) is 3. The minimum atomic E-state index is -0.305. The van der Waals surface area contributed by atoms with E-state index >= 15 is 0 Å². The molecule has 2 aromatic rings. The smallest absolute Gasteiger partial charge is 0.253 e. The van der Waals surface area contributed by atoms with Crippen LogP contribution in [0.1, 0.15) is 15.2 Å². The van der Waals surface area contributed by atoms with Gasteiger partial charge in [-0.15, -0.1) is 11.3 Å². The van der Waals surface area contributed by atoms with Gasteiger partial charge in [-0.3, -0.25) is 4.79 Å². The van der Waals surface area contributed by atoms with Gasteiger partial charge in [0.25, 0.3) is 5.91 Å². The van der Waals surface area contributed by atoms with Crippen LogP contribution in [-0.2, 0) is 6.54 Å². The van der Waals surface area contributed by atoms with Crippen LogP contribution in [0.4, 0.5) is 0 Å². The summed E-state index contributed by atoms with van der Waals surface area (Å²) >= 11 is 10.8. The van der Waals surface area contributed by atoms with Crippen LogP contribution in [0.15, 0.2) is 34.1 Å². The molecule has 2 rings (SSSR count). The lowest BCUT2D eigenvalue weighted by molar-refractivity contribution is 0.0951. The highest BCUT2D eigenvalue weighted by molar-refractivity contribution is 9.11. The van der Waals surface area contributed by atoms with Gasteiger partial charge in [0, 0.05) is 4.88 Å². The first-order valence-electron chi connectivity index (χ1n) is 5.07. The lowest BCUT2D eigenvalue weighted by atomic mass is 10.2. The van der Waals surface area contributed by atoms with Gasteiger partial charge in [-0.25, -0.2) is 0 Å². The molecule has 0 spiro atoms. The molecule has 18 heavy (non-hydrogen) atoms. The molecule has 0 fully saturated rings. The van der Waals surface area contributed by atoms with Crippen LogP contribution in [0, 0.1) is 0 Å². The van der Waals surface area contributed by atoms with E-state index in [0.29, 0.717) is 11.6 Å². The number of thiophene rings is 1. The minimum Gasteiger partial charge on any atom is -0.508 e. The number of benzene rings is 1. The van der Waals surface area contributed by atoms with Crippen LogP contribution in [0.3, 0.4) is 0 Å². The summed E-state index contributed by atoms with van der Waals surface area (Å²) in [6.45, 7) is 0.432. The number of phenolic OH excluding ortho intramolecular Hbond substituents is 1. The molecule has 1 aromatic carbocycles. The minimum absolute atomic E-state index is 0.0171. The van der Waals surface area contributed by atoms with Gasteiger partial charge in [0.2, 0.25) is 0 Å². The van der Waals surface area contributed by atoms with E-state index in [1.807, 2.05) is 12.1 Å². The van der Waals surface area contributed by atoms with Crippen LogP contribution in [0.25, 0.3) is 0 Å². The molecule has 2 N–H and O–H groups in total. The molecule has 0 aliphatic rings. The van der Waals surface area contributed by atoms with Gasteiger partial charge in [0.15, 0.2) is 0 Å². The molecule has 1 aromatic heterocycles. The normalized spacial score (nSPS) is 10.3. The number of aromatic hydroxyl groups is 1. The van der Waals surface area contributed by atoms with E-state index in [9.17, 15) is 9.90 Å². The third-order valence-corrected chi connectivity index (χ3v) is 4.20. The third-order valence-electron chi connectivity index (χ3n) is 2.25. The monoisotopic (exact) mass is 345 g/mol. The maximum absolute atomic E-state index is 11.9. The van der Waals surface area contributed by atoms with Crippen molar-refractivity contribution in [2.24, 2.45) is 0 Å². The zero-order chi connectivity index (χ0) is 13.1. The number of amides is 1. The topological polar surface area (TPSA) is 49.3 Å². The van der Waals surface area contributed by atoms with Crippen LogP contribution in [0.2, 0.25) is 5.02 Å². The number of carbonyl (C=O) groups excluding carboxylic acids is 1. The first kappa shape index (κ1) is 13.4. The van der Waals surface area contributed by atoms with Crippen molar-refractivity contribution in [1.29, 1.82) is 0 Å². The summed E-state index contributed by atoms with van der Waals surface area (Å²) in [7, 11) is 0. The molecule has 94 valence electrons. The van der Waals surface area contributed by atoms with Gasteiger partial charge in [-0.05, 0) is 46.3 Å². The summed E-state index contributed by atoms with van der Waals surface area (Å²) < 4.78 is 1.02. The lowest BCUT2D eigenvalue weighted by Crippen LogP contribution is -2.22. The number of hydrogen-bond donors (Lipinski definition) is 2. The molecule has 0 saturated heterocycles. The molecule has 0 bridgehead atoms. The predicted octanol–water partition coefficient (Wildman–Crippen LogP) is 3.80. The molecule has 0 unspecified atom stereocenters. The molecule has 6 heteroatoms. The van der Waals surface area contributed by atoms with Gasteiger partial charge in [0.1, 0.15) is 5.75 Å². The first-order valence-corrected chi connectivity index (χ1v) is 7.06. The van der Waals surface area contributed by atoms with Crippen molar-refractivity contribution in [3.8, 4) is 5.75 Å². The average molecular weight is 347 g/mol. The molecular weight excluding hydrogens is 338 g/mol. The quantitative estimate of drug-likeness (QED) is 0.888. The highest BCUT2D eigenvalue weighted by Crippen LogP contribution is 2.23. The second-order valence-electron chi connectivity index (χ2n) is 3.55. The van der Waals surface area contributed by atoms with Gasteiger partial charge in [-0.1, -0.05) is 11.6 Å². The van der Waals surface area contributed by atoms with E-state index in [0.717, 1.165) is 8.66 Å². The Bertz CT molecular complexity index is 585. The largest absolute Gasteiger partial charge is 0.508 e. The zero-order valence-corrected chi connectivity index (χ0v) is 12.3. The van der Waals surface area contributed by atoms with E-state index in [4.69, 9.17) is 11.6 Å². The summed E-state index contributed by atoms with van der Waals surface area (Å²) in [6.07, 6.45) is 0. The van der Waals surface area contributed by atoms with Gasteiger partial charge < -0.3 is 10.4 Å². The molecule has 0 atom stereocenters. The highest BCUT2D eigenvalue weighted by Gasteiger charge is 2.11. The Morgan fingerprint density at radius 2 is 2.17 bits per heavy atom. The number of rotatable bonds is 3. The maximum atomic E-state index is 11.9. The zero-order valence-electron chi connectivity index (χ0n) is 9.11. The van der Waals surface area contributed by atoms with Crippen molar-refractivity contribution < 1.29 is 9.90 Å². The van der Waals surface area contributed by atoms with E-state index in [-0.39, 0.29) is 17.2 Å². The Balaban J connectivity index is 2.05. The molecule has 1 amide bonds. The predicted molar refractivity (Wildman–Crippen MR) is 76.3 cm³/mol. The van der Waals surface area contributed by atoms with Gasteiger partial charge in [0.05, 0.1) is 20.9 Å². The summed E-state index contributed by atoms with van der Waals surface area (Å²) in [5.41, 5.74) is 0.271. The number of halogens is 2. The fourth-order valence-corrected chi connectivity index (χ4v) is 3.02. The first-order chi connectivity index (χ1) is 8.56. The molecule has 0 aliphatic heterocycles. The molecular formula is C12H9BrClNO2S. The number of carbonyl (C=O) groups is 1. The molecule has 1 heterocycles. The molecule has 3 nitrogen and oxygen atoms in total. The Morgan fingerprint density at radius 1 is 1.39 bits per heavy atom. The van der Waals surface area contributed by atoms with E-state index in [1.54, 1.807) is 11.3 Å². The highest BCUT2D eigenvalue weighted by atomic mass is 79.9. The summed E-state index contributed by atoms with van der Waals surface area (Å²) in [4.78, 5) is 12.9. The number of nitrogens with one attached hydrogen (secondary N) is 1. The van der Waals surface area contributed by atoms with Crippen LogP contribution in [0.5, 0.6) is 5.75 Å². The fourth-order valence-electron chi connectivity index (χ4n) is 1.40. The van der Waals surface area contributed by atoms with E-state index in [2.05, 4.69) is 21.2 Å². The standard InChI is InChI=1S/C12H9BrClNO2S/c13-11-4-2-8(18-11)6-15-12(17)9-5-7(16)1-3-10(9)14/h1-5,16H,6H2,(H,15,17). The summed E-state index contributed by atoms with van der Waals surface area (Å²) in [5, 5.41) is 12.4. The Labute approximate surface area is 122 Å². The summed E-state index contributed by atoms with van der Waals surface area (Å²) in [6, 6.07) is 8.14. The van der Waals surface area contributed by atoms with Crippen molar-refractivity contribution in [3.63, 3.8) is 0 Å².